The van der Waals surface area contributed by atoms with Gasteiger partial charge in [0.25, 0.3) is 0 Å². The summed E-state index contributed by atoms with van der Waals surface area (Å²) in [5.41, 5.74) is 1.81. The molecular weight excluding hydrogens is 306 g/mol. The number of nitriles is 1. The summed E-state index contributed by atoms with van der Waals surface area (Å²) in [6, 6.07) is 13.0. The Balaban J connectivity index is 2.23. The summed E-state index contributed by atoms with van der Waals surface area (Å²) in [5.74, 6) is 0.327. The van der Waals surface area contributed by atoms with Crippen LogP contribution in [-0.4, -0.2) is 14.7 Å². The van der Waals surface area contributed by atoms with E-state index in [0.29, 0.717) is 15.0 Å². The van der Waals surface area contributed by atoms with Gasteiger partial charge < -0.3 is 9.67 Å². The molecule has 0 saturated heterocycles. The van der Waals surface area contributed by atoms with Gasteiger partial charge in [0, 0.05) is 7.05 Å². The first kappa shape index (κ1) is 13.7. The number of rotatable bonds is 2. The number of aliphatic hydroxyl groups is 1. The van der Waals surface area contributed by atoms with Gasteiger partial charge in [0.15, 0.2) is 11.6 Å². The lowest BCUT2D eigenvalue weighted by Gasteiger charge is -2.03. The van der Waals surface area contributed by atoms with E-state index in [2.05, 4.69) is 4.98 Å². The zero-order valence-electron chi connectivity index (χ0n) is 11.0. The molecule has 6 heteroatoms. The van der Waals surface area contributed by atoms with Crippen molar-refractivity contribution in [3.05, 3.63) is 51.4 Å². The van der Waals surface area contributed by atoms with Gasteiger partial charge in [-0.25, -0.2) is 4.98 Å². The predicted octanol–water partition coefficient (Wildman–Crippen LogP) is 4.24. The first-order valence-electron chi connectivity index (χ1n) is 6.12. The highest BCUT2D eigenvalue weighted by atomic mass is 35.5. The summed E-state index contributed by atoms with van der Waals surface area (Å²) in [6.45, 7) is 0. The molecule has 1 aromatic carbocycles. The number of aliphatic hydroxyl groups excluding tert-OH is 1. The third-order valence-corrected chi connectivity index (χ3v) is 4.40. The van der Waals surface area contributed by atoms with Crippen LogP contribution in [0, 0.1) is 11.3 Å². The van der Waals surface area contributed by atoms with Crippen molar-refractivity contribution in [1.29, 1.82) is 5.26 Å². The molecule has 0 spiro atoms. The summed E-state index contributed by atoms with van der Waals surface area (Å²) in [6.07, 6.45) is 0. The third-order valence-electron chi connectivity index (χ3n) is 3.17. The van der Waals surface area contributed by atoms with Crippen LogP contribution in [0.1, 0.15) is 10.7 Å². The van der Waals surface area contributed by atoms with Gasteiger partial charge in [-0.2, -0.15) is 5.26 Å². The molecule has 2 heterocycles. The molecule has 0 aliphatic rings. The molecule has 0 radical (unpaired) electrons. The number of benzene rings is 1. The highest BCUT2D eigenvalue weighted by molar-refractivity contribution is 7.17. The first-order valence-corrected chi connectivity index (χ1v) is 7.32. The first-order chi connectivity index (χ1) is 10.1. The topological polar surface area (TPSA) is 61.8 Å². The van der Waals surface area contributed by atoms with Crippen LogP contribution in [0.3, 0.4) is 0 Å². The number of aromatic nitrogens is 2. The molecular formula is C15H10ClN3OS. The van der Waals surface area contributed by atoms with E-state index in [0.717, 1.165) is 11.0 Å². The van der Waals surface area contributed by atoms with Gasteiger partial charge in [0.1, 0.15) is 11.6 Å². The van der Waals surface area contributed by atoms with E-state index < -0.39 is 0 Å². The van der Waals surface area contributed by atoms with Crippen molar-refractivity contribution in [3.8, 4) is 6.07 Å². The number of imidazole rings is 1. The van der Waals surface area contributed by atoms with Crippen molar-refractivity contribution in [2.45, 2.75) is 0 Å². The molecule has 0 aliphatic carbocycles. The van der Waals surface area contributed by atoms with Crippen LogP contribution >= 0.6 is 22.9 Å². The van der Waals surface area contributed by atoms with Gasteiger partial charge in [0.2, 0.25) is 0 Å². The number of thiophene rings is 1. The van der Waals surface area contributed by atoms with E-state index in [4.69, 9.17) is 11.6 Å². The molecule has 0 aliphatic heterocycles. The predicted molar refractivity (Wildman–Crippen MR) is 85.1 cm³/mol. The molecule has 104 valence electrons. The highest BCUT2D eigenvalue weighted by Gasteiger charge is 2.18. The quantitative estimate of drug-likeness (QED) is 0.568. The maximum Gasteiger partial charge on any atom is 0.155 e. The average molecular weight is 316 g/mol. The van der Waals surface area contributed by atoms with Crippen molar-refractivity contribution in [1.82, 2.24) is 9.55 Å². The Morgan fingerprint density at radius 3 is 2.71 bits per heavy atom. The zero-order chi connectivity index (χ0) is 15.0. The van der Waals surface area contributed by atoms with Crippen LogP contribution in [0.25, 0.3) is 22.4 Å². The van der Waals surface area contributed by atoms with Crippen molar-refractivity contribution in [2.75, 3.05) is 0 Å². The molecule has 2 aromatic heterocycles. The number of para-hydroxylation sites is 2. The Hall–Kier alpha value is -2.29. The van der Waals surface area contributed by atoms with Gasteiger partial charge in [-0.3, -0.25) is 0 Å². The largest absolute Gasteiger partial charge is 0.505 e. The molecule has 0 unspecified atom stereocenters. The Morgan fingerprint density at radius 1 is 1.33 bits per heavy atom. The van der Waals surface area contributed by atoms with E-state index in [1.807, 2.05) is 37.4 Å². The van der Waals surface area contributed by atoms with Crippen LogP contribution in [0.15, 0.2) is 36.4 Å². The minimum atomic E-state index is -0.104. The highest BCUT2D eigenvalue weighted by Crippen LogP contribution is 2.31. The molecule has 0 fully saturated rings. The van der Waals surface area contributed by atoms with Gasteiger partial charge in [-0.15, -0.1) is 11.3 Å². The Morgan fingerprint density at radius 2 is 2.10 bits per heavy atom. The monoisotopic (exact) mass is 315 g/mol. The number of aryl methyl sites for hydroxylation is 1. The van der Waals surface area contributed by atoms with Crippen molar-refractivity contribution < 1.29 is 5.11 Å². The number of hydrogen-bond acceptors (Lipinski definition) is 4. The molecule has 0 saturated carbocycles. The van der Waals surface area contributed by atoms with Gasteiger partial charge in [-0.05, 0) is 24.3 Å². The Labute approximate surface area is 130 Å². The van der Waals surface area contributed by atoms with Crippen LogP contribution < -0.4 is 0 Å². The summed E-state index contributed by atoms with van der Waals surface area (Å²) < 4.78 is 2.35. The number of allylic oxidation sites excluding steroid dienone is 1. The number of nitrogens with zero attached hydrogens (tertiary/aromatic N) is 3. The second-order valence-electron chi connectivity index (χ2n) is 4.42. The number of halogens is 1. The molecule has 21 heavy (non-hydrogen) atoms. The fourth-order valence-corrected chi connectivity index (χ4v) is 3.14. The third kappa shape index (κ3) is 2.29. The summed E-state index contributed by atoms with van der Waals surface area (Å²) in [7, 11) is 1.82. The summed E-state index contributed by atoms with van der Waals surface area (Å²) in [5, 5.41) is 19.8. The molecule has 0 bridgehead atoms. The lowest BCUT2D eigenvalue weighted by molar-refractivity contribution is 0.515. The van der Waals surface area contributed by atoms with Crippen LogP contribution in [-0.2, 0) is 7.05 Å². The Kier molecular flexibility index (Phi) is 3.42. The van der Waals surface area contributed by atoms with Crippen molar-refractivity contribution in [2.24, 2.45) is 7.05 Å². The standard InChI is InChI=1S/C15H10ClN3OS/c1-19-11-5-3-2-4-10(11)18-15(19)9(8-17)14(20)12-6-7-13(16)21-12/h2-7,20H,1H3/b14-9+. The van der Waals surface area contributed by atoms with Crippen LogP contribution in [0.2, 0.25) is 4.34 Å². The van der Waals surface area contributed by atoms with Gasteiger partial charge in [-0.1, -0.05) is 23.7 Å². The second kappa shape index (κ2) is 5.24. The van der Waals surface area contributed by atoms with E-state index in [9.17, 15) is 10.4 Å². The molecule has 1 N–H and O–H groups in total. The molecule has 0 amide bonds. The zero-order valence-corrected chi connectivity index (χ0v) is 12.6. The molecule has 4 nitrogen and oxygen atoms in total. The van der Waals surface area contributed by atoms with Crippen LogP contribution in [0.4, 0.5) is 0 Å². The van der Waals surface area contributed by atoms with Crippen molar-refractivity contribution >= 4 is 45.3 Å². The lowest BCUT2D eigenvalue weighted by atomic mass is 10.2. The average Bonchev–Trinajstić information content (AvgIpc) is 3.05. The minimum absolute atomic E-state index is 0.104. The van der Waals surface area contributed by atoms with E-state index in [1.165, 1.54) is 11.3 Å². The normalized spacial score (nSPS) is 12.2. The number of fused-ring (bicyclic) bond motifs is 1. The maximum absolute atomic E-state index is 10.4. The fourth-order valence-electron chi connectivity index (χ4n) is 2.14. The number of hydrogen-bond donors (Lipinski definition) is 1. The molecule has 3 aromatic rings. The second-order valence-corrected chi connectivity index (χ2v) is 6.14. The molecule has 0 atom stereocenters. The van der Waals surface area contributed by atoms with E-state index >= 15 is 0 Å². The minimum Gasteiger partial charge on any atom is -0.505 e. The smallest absolute Gasteiger partial charge is 0.155 e. The van der Waals surface area contributed by atoms with Gasteiger partial charge in [0.05, 0.1) is 20.2 Å². The van der Waals surface area contributed by atoms with E-state index in [-0.39, 0.29) is 11.3 Å². The van der Waals surface area contributed by atoms with E-state index in [1.54, 1.807) is 16.7 Å². The molecule has 3 rings (SSSR count). The van der Waals surface area contributed by atoms with Crippen molar-refractivity contribution in [3.63, 3.8) is 0 Å². The fraction of sp³-hybridized carbons (Fsp3) is 0.0667. The maximum atomic E-state index is 10.4. The summed E-state index contributed by atoms with van der Waals surface area (Å²) >= 11 is 7.09. The van der Waals surface area contributed by atoms with Crippen LogP contribution in [0.5, 0.6) is 0 Å². The van der Waals surface area contributed by atoms with Gasteiger partial charge >= 0.3 is 0 Å². The SMILES string of the molecule is Cn1c(/C(C#N)=C(/O)c2ccc(Cl)s2)nc2ccccc21. The lowest BCUT2D eigenvalue weighted by Crippen LogP contribution is -1.98. The summed E-state index contributed by atoms with van der Waals surface area (Å²) in [4.78, 5) is 4.98. The Bertz CT molecular complexity index is 901.